The minimum absolute atomic E-state index is 0.105. The molecule has 0 N–H and O–H groups in total. The maximum atomic E-state index is 12.5. The molecular weight excluding hydrogens is 268 g/mol. The second kappa shape index (κ2) is 6.53. The number of hydrogen-bond acceptors (Lipinski definition) is 3. The fourth-order valence-corrected chi connectivity index (χ4v) is 3.34. The molecular formula is C16H24N2OS. The highest BCUT2D eigenvalue weighted by atomic mass is 32.2. The van der Waals surface area contributed by atoms with Crippen molar-refractivity contribution in [2.24, 2.45) is 0 Å². The SMILES string of the molecule is CCC(SC)C(=O)N1CCc2ccc(N(C)C)cc2C1. The summed E-state index contributed by atoms with van der Waals surface area (Å²) in [7, 11) is 4.10. The van der Waals surface area contributed by atoms with Crippen molar-refractivity contribution in [2.75, 3.05) is 31.8 Å². The first-order chi connectivity index (χ1) is 9.56. The van der Waals surface area contributed by atoms with Gasteiger partial charge in [0.25, 0.3) is 0 Å². The number of thioether (sulfide) groups is 1. The largest absolute Gasteiger partial charge is 0.378 e. The highest BCUT2D eigenvalue weighted by Crippen LogP contribution is 2.25. The fourth-order valence-electron chi connectivity index (χ4n) is 2.66. The Labute approximate surface area is 126 Å². The van der Waals surface area contributed by atoms with E-state index in [2.05, 4.69) is 30.0 Å². The molecule has 1 atom stereocenters. The van der Waals surface area contributed by atoms with Crippen molar-refractivity contribution < 1.29 is 4.79 Å². The Morgan fingerprint density at radius 3 is 2.75 bits per heavy atom. The van der Waals surface area contributed by atoms with Crippen LogP contribution in [0.5, 0.6) is 0 Å². The van der Waals surface area contributed by atoms with Gasteiger partial charge in [-0.1, -0.05) is 13.0 Å². The summed E-state index contributed by atoms with van der Waals surface area (Å²) >= 11 is 1.66. The lowest BCUT2D eigenvalue weighted by molar-refractivity contribution is -0.131. The number of benzene rings is 1. The first-order valence-electron chi connectivity index (χ1n) is 7.17. The van der Waals surface area contributed by atoms with Crippen molar-refractivity contribution in [2.45, 2.75) is 31.6 Å². The highest BCUT2D eigenvalue weighted by molar-refractivity contribution is 7.99. The van der Waals surface area contributed by atoms with Gasteiger partial charge in [0.15, 0.2) is 0 Å². The monoisotopic (exact) mass is 292 g/mol. The molecule has 0 spiro atoms. The predicted octanol–water partition coefficient (Wildman–Crippen LogP) is 2.78. The van der Waals surface area contributed by atoms with Crippen molar-refractivity contribution >= 4 is 23.4 Å². The number of amides is 1. The van der Waals surface area contributed by atoms with E-state index in [9.17, 15) is 4.79 Å². The summed E-state index contributed by atoms with van der Waals surface area (Å²) in [6.45, 7) is 3.69. The molecule has 1 amide bonds. The van der Waals surface area contributed by atoms with Crippen LogP contribution in [0.2, 0.25) is 0 Å². The van der Waals surface area contributed by atoms with Crippen molar-refractivity contribution in [3.63, 3.8) is 0 Å². The lowest BCUT2D eigenvalue weighted by Gasteiger charge is -2.32. The normalized spacial score (nSPS) is 15.7. The summed E-state index contributed by atoms with van der Waals surface area (Å²) < 4.78 is 0. The molecule has 1 unspecified atom stereocenters. The van der Waals surface area contributed by atoms with Crippen LogP contribution in [0.1, 0.15) is 24.5 Å². The van der Waals surface area contributed by atoms with Gasteiger partial charge in [-0.05, 0) is 42.4 Å². The summed E-state index contributed by atoms with van der Waals surface area (Å²) in [5.41, 5.74) is 3.89. The van der Waals surface area contributed by atoms with E-state index < -0.39 is 0 Å². The van der Waals surface area contributed by atoms with Gasteiger partial charge in [0, 0.05) is 32.9 Å². The van der Waals surface area contributed by atoms with Crippen molar-refractivity contribution in [1.29, 1.82) is 0 Å². The lowest BCUT2D eigenvalue weighted by atomic mass is 9.98. The minimum Gasteiger partial charge on any atom is -0.378 e. The Bertz CT molecular complexity index is 483. The van der Waals surface area contributed by atoms with Gasteiger partial charge in [-0.2, -0.15) is 11.8 Å². The van der Waals surface area contributed by atoms with Crippen molar-refractivity contribution in [3.05, 3.63) is 29.3 Å². The van der Waals surface area contributed by atoms with Crippen LogP contribution < -0.4 is 4.90 Å². The van der Waals surface area contributed by atoms with Gasteiger partial charge < -0.3 is 9.80 Å². The highest BCUT2D eigenvalue weighted by Gasteiger charge is 2.25. The molecule has 1 aliphatic heterocycles. The zero-order chi connectivity index (χ0) is 14.7. The van der Waals surface area contributed by atoms with E-state index in [0.717, 1.165) is 25.9 Å². The molecule has 1 aliphatic rings. The van der Waals surface area contributed by atoms with Gasteiger partial charge in [-0.15, -0.1) is 0 Å². The lowest BCUT2D eigenvalue weighted by Crippen LogP contribution is -2.40. The zero-order valence-electron chi connectivity index (χ0n) is 12.8. The smallest absolute Gasteiger partial charge is 0.235 e. The Hall–Kier alpha value is -1.16. The second-order valence-electron chi connectivity index (χ2n) is 5.49. The van der Waals surface area contributed by atoms with E-state index in [4.69, 9.17) is 0 Å². The number of hydrogen-bond donors (Lipinski definition) is 0. The van der Waals surface area contributed by atoms with E-state index in [1.165, 1.54) is 16.8 Å². The zero-order valence-corrected chi connectivity index (χ0v) is 13.7. The maximum Gasteiger partial charge on any atom is 0.235 e. The molecule has 1 aromatic rings. The third kappa shape index (κ3) is 3.11. The number of carbonyl (C=O) groups excluding carboxylic acids is 1. The second-order valence-corrected chi connectivity index (χ2v) is 6.53. The first kappa shape index (κ1) is 15.2. The average molecular weight is 292 g/mol. The van der Waals surface area contributed by atoms with Crippen LogP contribution in [-0.4, -0.2) is 43.0 Å². The van der Waals surface area contributed by atoms with Crippen LogP contribution in [-0.2, 0) is 17.8 Å². The molecule has 0 aromatic heterocycles. The van der Waals surface area contributed by atoms with Crippen molar-refractivity contribution in [1.82, 2.24) is 4.90 Å². The molecule has 0 fully saturated rings. The standard InChI is InChI=1S/C16H24N2OS/c1-5-15(20-4)16(19)18-9-8-12-6-7-14(17(2)3)10-13(12)11-18/h6-7,10,15H,5,8-9,11H2,1-4H3. The van der Waals surface area contributed by atoms with Gasteiger partial charge in [0.1, 0.15) is 0 Å². The Morgan fingerprint density at radius 1 is 1.40 bits per heavy atom. The molecule has 0 saturated heterocycles. The first-order valence-corrected chi connectivity index (χ1v) is 8.46. The van der Waals surface area contributed by atoms with E-state index in [1.807, 2.05) is 25.3 Å². The Morgan fingerprint density at radius 2 is 2.15 bits per heavy atom. The number of nitrogens with zero attached hydrogens (tertiary/aromatic N) is 2. The molecule has 110 valence electrons. The van der Waals surface area contributed by atoms with Gasteiger partial charge in [-0.3, -0.25) is 4.79 Å². The topological polar surface area (TPSA) is 23.6 Å². The number of anilines is 1. The summed E-state index contributed by atoms with van der Waals surface area (Å²) in [6.07, 6.45) is 3.90. The molecule has 4 heteroatoms. The van der Waals surface area contributed by atoms with Crippen LogP contribution in [0.4, 0.5) is 5.69 Å². The third-order valence-corrected chi connectivity index (χ3v) is 5.06. The minimum atomic E-state index is 0.105. The number of fused-ring (bicyclic) bond motifs is 1. The molecule has 0 bridgehead atoms. The molecule has 0 aliphatic carbocycles. The molecule has 1 aromatic carbocycles. The predicted molar refractivity (Wildman–Crippen MR) is 87.5 cm³/mol. The van der Waals surface area contributed by atoms with Crippen molar-refractivity contribution in [3.8, 4) is 0 Å². The summed E-state index contributed by atoms with van der Waals surface area (Å²) in [4.78, 5) is 16.6. The molecule has 0 radical (unpaired) electrons. The number of carbonyl (C=O) groups is 1. The molecule has 20 heavy (non-hydrogen) atoms. The van der Waals surface area contributed by atoms with E-state index >= 15 is 0 Å². The summed E-state index contributed by atoms with van der Waals surface area (Å²) in [6, 6.07) is 6.58. The van der Waals surface area contributed by atoms with E-state index in [0.29, 0.717) is 5.91 Å². The fraction of sp³-hybridized carbons (Fsp3) is 0.562. The Balaban J connectivity index is 2.17. The molecule has 0 saturated carbocycles. The van der Waals surface area contributed by atoms with Crippen LogP contribution in [0.3, 0.4) is 0 Å². The molecule has 1 heterocycles. The summed E-state index contributed by atoms with van der Waals surface area (Å²) in [5.74, 6) is 0.293. The van der Waals surface area contributed by atoms with Gasteiger partial charge >= 0.3 is 0 Å². The number of rotatable bonds is 4. The van der Waals surface area contributed by atoms with Gasteiger partial charge in [0.05, 0.1) is 5.25 Å². The van der Waals surface area contributed by atoms with Crippen LogP contribution >= 0.6 is 11.8 Å². The third-order valence-electron chi connectivity index (χ3n) is 3.96. The van der Waals surface area contributed by atoms with Gasteiger partial charge in [0.2, 0.25) is 5.91 Å². The quantitative estimate of drug-likeness (QED) is 0.852. The Kier molecular flexibility index (Phi) is 4.97. The van der Waals surface area contributed by atoms with E-state index in [-0.39, 0.29) is 5.25 Å². The molecule has 2 rings (SSSR count). The van der Waals surface area contributed by atoms with Gasteiger partial charge in [-0.25, -0.2) is 0 Å². The van der Waals surface area contributed by atoms with Crippen LogP contribution in [0.25, 0.3) is 0 Å². The molecule has 3 nitrogen and oxygen atoms in total. The van der Waals surface area contributed by atoms with Crippen LogP contribution in [0, 0.1) is 0 Å². The van der Waals surface area contributed by atoms with Crippen LogP contribution in [0.15, 0.2) is 18.2 Å². The summed E-state index contributed by atoms with van der Waals surface area (Å²) in [5, 5.41) is 0.105. The maximum absolute atomic E-state index is 12.5. The van der Waals surface area contributed by atoms with E-state index in [1.54, 1.807) is 11.8 Å². The average Bonchev–Trinajstić information content (AvgIpc) is 2.47.